The maximum atomic E-state index is 12.9. The van der Waals surface area contributed by atoms with Gasteiger partial charge in [-0.25, -0.2) is 14.5 Å². The summed E-state index contributed by atoms with van der Waals surface area (Å²) in [6, 6.07) is 33.8. The Bertz CT molecular complexity index is 1530. The van der Waals surface area contributed by atoms with Crippen LogP contribution >= 0.6 is 0 Å². The molecule has 0 unspecified atom stereocenters. The summed E-state index contributed by atoms with van der Waals surface area (Å²) in [6.07, 6.45) is 0. The summed E-state index contributed by atoms with van der Waals surface area (Å²) in [5.74, 6) is -0.0182. The zero-order valence-corrected chi connectivity index (χ0v) is 20.8. The van der Waals surface area contributed by atoms with Gasteiger partial charge >= 0.3 is 5.97 Å². The van der Waals surface area contributed by atoms with E-state index in [4.69, 9.17) is 9.47 Å². The molecule has 38 heavy (non-hydrogen) atoms. The Morgan fingerprint density at radius 3 is 1.97 bits per heavy atom. The van der Waals surface area contributed by atoms with Crippen molar-refractivity contribution in [3.63, 3.8) is 0 Å². The van der Waals surface area contributed by atoms with Crippen molar-refractivity contribution in [2.45, 2.75) is 6.92 Å². The standard InChI is InChI=1S/C31H25N3O4/c1-2-37-27-19-17-26(18-20-27)34-30(25-11-7-4-8-12-25)32-29(33-34)31(36)38-21-28(35)24-15-13-23(14-16-24)22-9-5-3-6-10-22/h3-20H,2,21H2,1H3. The fraction of sp³-hybridized carbons (Fsp3) is 0.0968. The lowest BCUT2D eigenvalue weighted by Gasteiger charge is -2.07. The number of benzene rings is 4. The lowest BCUT2D eigenvalue weighted by Crippen LogP contribution is -2.15. The van der Waals surface area contributed by atoms with Gasteiger partial charge in [0.05, 0.1) is 12.3 Å². The van der Waals surface area contributed by atoms with E-state index >= 15 is 0 Å². The molecule has 5 rings (SSSR count). The number of carbonyl (C=O) groups excluding carboxylic acids is 2. The second kappa shape index (κ2) is 11.3. The molecule has 188 valence electrons. The summed E-state index contributed by atoms with van der Waals surface area (Å²) < 4.78 is 12.4. The number of carbonyl (C=O) groups is 2. The molecule has 0 saturated carbocycles. The molecule has 0 N–H and O–H groups in total. The highest BCUT2D eigenvalue weighted by atomic mass is 16.5. The van der Waals surface area contributed by atoms with Crippen LogP contribution in [0.4, 0.5) is 0 Å². The van der Waals surface area contributed by atoms with Crippen LogP contribution in [0.1, 0.15) is 27.9 Å². The molecule has 1 aromatic heterocycles. The summed E-state index contributed by atoms with van der Waals surface area (Å²) in [7, 11) is 0. The summed E-state index contributed by atoms with van der Waals surface area (Å²) in [5.41, 5.74) is 3.99. The SMILES string of the molecule is CCOc1ccc(-n2nc(C(=O)OCC(=O)c3ccc(-c4ccccc4)cc3)nc2-c2ccccc2)cc1. The molecular formula is C31H25N3O4. The maximum Gasteiger partial charge on any atom is 0.378 e. The molecular weight excluding hydrogens is 478 g/mol. The number of Topliss-reactive ketones (excluding diaryl/α,β-unsaturated/α-hetero) is 1. The Balaban J connectivity index is 1.33. The van der Waals surface area contributed by atoms with Crippen molar-refractivity contribution in [1.29, 1.82) is 0 Å². The minimum absolute atomic E-state index is 0.134. The molecule has 5 aromatic rings. The van der Waals surface area contributed by atoms with Crippen LogP contribution in [0, 0.1) is 0 Å². The average Bonchev–Trinajstić information content (AvgIpc) is 3.43. The van der Waals surface area contributed by atoms with Crippen molar-refractivity contribution in [3.05, 3.63) is 121 Å². The second-order valence-corrected chi connectivity index (χ2v) is 8.41. The predicted molar refractivity (Wildman–Crippen MR) is 144 cm³/mol. The van der Waals surface area contributed by atoms with Crippen LogP contribution in [0.3, 0.4) is 0 Å². The van der Waals surface area contributed by atoms with Crippen molar-refractivity contribution in [3.8, 4) is 34.0 Å². The number of hydrogen-bond donors (Lipinski definition) is 0. The number of ketones is 1. The highest BCUT2D eigenvalue weighted by Gasteiger charge is 2.21. The number of nitrogens with zero attached hydrogens (tertiary/aromatic N) is 3. The highest BCUT2D eigenvalue weighted by Crippen LogP contribution is 2.23. The fourth-order valence-corrected chi connectivity index (χ4v) is 3.96. The van der Waals surface area contributed by atoms with E-state index in [-0.39, 0.29) is 11.6 Å². The topological polar surface area (TPSA) is 83.3 Å². The molecule has 7 heteroatoms. The van der Waals surface area contributed by atoms with Crippen LogP contribution in [0.15, 0.2) is 109 Å². The van der Waals surface area contributed by atoms with Gasteiger partial charge in [0.25, 0.3) is 5.82 Å². The van der Waals surface area contributed by atoms with Gasteiger partial charge in [0.15, 0.2) is 18.2 Å². The molecule has 0 bridgehead atoms. The number of ether oxygens (including phenoxy) is 2. The summed E-state index contributed by atoms with van der Waals surface area (Å²) >= 11 is 0. The Labute approximate surface area is 220 Å². The van der Waals surface area contributed by atoms with Gasteiger partial charge in [-0.05, 0) is 42.3 Å². The molecule has 0 amide bonds. The van der Waals surface area contributed by atoms with Gasteiger partial charge in [0, 0.05) is 11.1 Å². The van der Waals surface area contributed by atoms with Crippen LogP contribution in [0.25, 0.3) is 28.2 Å². The first-order valence-corrected chi connectivity index (χ1v) is 12.2. The van der Waals surface area contributed by atoms with Gasteiger partial charge < -0.3 is 9.47 Å². The van der Waals surface area contributed by atoms with E-state index in [0.717, 1.165) is 22.4 Å². The first-order chi connectivity index (χ1) is 18.6. The van der Waals surface area contributed by atoms with E-state index in [1.54, 1.807) is 16.8 Å². The molecule has 0 radical (unpaired) electrons. The van der Waals surface area contributed by atoms with E-state index < -0.39 is 12.6 Å². The number of esters is 1. The molecule has 0 saturated heterocycles. The molecule has 0 aliphatic rings. The number of hydrogen-bond acceptors (Lipinski definition) is 6. The normalized spacial score (nSPS) is 10.7. The van der Waals surface area contributed by atoms with Gasteiger partial charge in [-0.1, -0.05) is 84.9 Å². The average molecular weight is 504 g/mol. The first kappa shape index (κ1) is 24.6. The van der Waals surface area contributed by atoms with Crippen molar-refractivity contribution in [1.82, 2.24) is 14.8 Å². The highest BCUT2D eigenvalue weighted by molar-refractivity contribution is 5.99. The van der Waals surface area contributed by atoms with E-state index in [2.05, 4.69) is 10.1 Å². The van der Waals surface area contributed by atoms with Crippen LogP contribution < -0.4 is 4.74 Å². The molecule has 7 nitrogen and oxygen atoms in total. The Kier molecular flexibility index (Phi) is 7.36. The molecule has 0 fully saturated rings. The largest absolute Gasteiger partial charge is 0.494 e. The van der Waals surface area contributed by atoms with E-state index in [1.807, 2.05) is 104 Å². The van der Waals surface area contributed by atoms with Gasteiger partial charge in [-0.2, -0.15) is 0 Å². The molecule has 0 aliphatic carbocycles. The zero-order chi connectivity index (χ0) is 26.3. The smallest absolute Gasteiger partial charge is 0.378 e. The van der Waals surface area contributed by atoms with Crippen LogP contribution in [0.2, 0.25) is 0 Å². The first-order valence-electron chi connectivity index (χ1n) is 12.2. The minimum atomic E-state index is -0.777. The van der Waals surface area contributed by atoms with Crippen LogP contribution in [0.5, 0.6) is 5.75 Å². The lowest BCUT2D eigenvalue weighted by molar-refractivity contribution is 0.0462. The molecule has 0 spiro atoms. The van der Waals surface area contributed by atoms with Gasteiger partial charge in [0.2, 0.25) is 0 Å². The van der Waals surface area contributed by atoms with Gasteiger partial charge in [0.1, 0.15) is 5.75 Å². The van der Waals surface area contributed by atoms with E-state index in [0.29, 0.717) is 23.7 Å². The Morgan fingerprint density at radius 1 is 0.737 bits per heavy atom. The quantitative estimate of drug-likeness (QED) is 0.180. The second-order valence-electron chi connectivity index (χ2n) is 8.41. The molecule has 1 heterocycles. The number of rotatable bonds is 9. The molecule has 0 aliphatic heterocycles. The van der Waals surface area contributed by atoms with Crippen molar-refractivity contribution < 1.29 is 19.1 Å². The summed E-state index contributed by atoms with van der Waals surface area (Å²) in [4.78, 5) is 30.0. The minimum Gasteiger partial charge on any atom is -0.494 e. The van der Waals surface area contributed by atoms with Gasteiger partial charge in [-0.15, -0.1) is 5.10 Å². The third kappa shape index (κ3) is 5.52. The Morgan fingerprint density at radius 2 is 1.34 bits per heavy atom. The monoisotopic (exact) mass is 503 g/mol. The third-order valence-electron chi connectivity index (χ3n) is 5.86. The van der Waals surface area contributed by atoms with E-state index in [1.165, 1.54) is 0 Å². The molecule has 0 atom stereocenters. The fourth-order valence-electron chi connectivity index (χ4n) is 3.96. The van der Waals surface area contributed by atoms with Crippen molar-refractivity contribution in [2.75, 3.05) is 13.2 Å². The van der Waals surface area contributed by atoms with Crippen molar-refractivity contribution >= 4 is 11.8 Å². The third-order valence-corrected chi connectivity index (χ3v) is 5.86. The summed E-state index contributed by atoms with van der Waals surface area (Å²) in [6.45, 7) is 2.06. The van der Waals surface area contributed by atoms with Crippen molar-refractivity contribution in [2.24, 2.45) is 0 Å². The predicted octanol–water partition coefficient (Wildman–Crippen LogP) is 6.04. The Hall–Kier alpha value is -5.04. The van der Waals surface area contributed by atoms with E-state index in [9.17, 15) is 9.59 Å². The molecule has 4 aromatic carbocycles. The lowest BCUT2D eigenvalue weighted by atomic mass is 10.0. The maximum absolute atomic E-state index is 12.9. The summed E-state index contributed by atoms with van der Waals surface area (Å²) in [5, 5.41) is 4.41. The van der Waals surface area contributed by atoms with Gasteiger partial charge in [-0.3, -0.25) is 4.79 Å². The van der Waals surface area contributed by atoms with Crippen LogP contribution in [-0.4, -0.2) is 39.7 Å². The number of aromatic nitrogens is 3. The zero-order valence-electron chi connectivity index (χ0n) is 20.8. The van der Waals surface area contributed by atoms with Crippen LogP contribution in [-0.2, 0) is 4.74 Å².